The first-order valence-electron chi connectivity index (χ1n) is 6.69. The van der Waals surface area contributed by atoms with E-state index >= 15 is 0 Å². The van der Waals surface area contributed by atoms with Gasteiger partial charge in [-0.25, -0.2) is 4.98 Å². The van der Waals surface area contributed by atoms with E-state index in [2.05, 4.69) is 29.1 Å². The van der Waals surface area contributed by atoms with Crippen molar-refractivity contribution in [2.45, 2.75) is 25.8 Å². The summed E-state index contributed by atoms with van der Waals surface area (Å²) < 4.78 is 5.26. The lowest BCUT2D eigenvalue weighted by Gasteiger charge is -2.28. The Morgan fingerprint density at radius 3 is 2.62 bits per heavy atom. The molecule has 0 unspecified atom stereocenters. The lowest BCUT2D eigenvalue weighted by Crippen LogP contribution is -2.34. The fourth-order valence-corrected chi connectivity index (χ4v) is 2.20. The molecule has 112 valence electrons. The molecule has 0 saturated heterocycles. The third-order valence-corrected chi connectivity index (χ3v) is 3.10. The molecule has 21 heavy (non-hydrogen) atoms. The molecular weight excluding hydrogens is 266 g/mol. The molecular formula is C15H21N5O. The summed E-state index contributed by atoms with van der Waals surface area (Å²) in [5.41, 5.74) is 13.8. The van der Waals surface area contributed by atoms with Crippen molar-refractivity contribution >= 4 is 17.3 Å². The second-order valence-corrected chi connectivity index (χ2v) is 5.54. The van der Waals surface area contributed by atoms with Crippen LogP contribution >= 0.6 is 0 Å². The molecule has 2 rings (SSSR count). The Labute approximate surface area is 124 Å². The molecule has 6 nitrogen and oxygen atoms in total. The second-order valence-electron chi connectivity index (χ2n) is 5.54. The lowest BCUT2D eigenvalue weighted by atomic mass is 9.95. The van der Waals surface area contributed by atoms with Gasteiger partial charge in [-0.2, -0.15) is 4.98 Å². The van der Waals surface area contributed by atoms with Crippen molar-refractivity contribution in [2.24, 2.45) is 0 Å². The van der Waals surface area contributed by atoms with Gasteiger partial charge in [0.25, 0.3) is 0 Å². The van der Waals surface area contributed by atoms with E-state index in [1.165, 1.54) is 0 Å². The van der Waals surface area contributed by atoms with Gasteiger partial charge in [0.2, 0.25) is 11.8 Å². The number of benzene rings is 1. The van der Waals surface area contributed by atoms with Crippen molar-refractivity contribution in [1.29, 1.82) is 0 Å². The van der Waals surface area contributed by atoms with Crippen LogP contribution in [0.4, 0.5) is 17.3 Å². The maximum atomic E-state index is 5.97. The van der Waals surface area contributed by atoms with E-state index < -0.39 is 0 Å². The van der Waals surface area contributed by atoms with Crippen LogP contribution < -0.4 is 21.5 Å². The molecule has 1 heterocycles. The van der Waals surface area contributed by atoms with E-state index in [9.17, 15) is 0 Å². The summed E-state index contributed by atoms with van der Waals surface area (Å²) >= 11 is 0. The zero-order valence-corrected chi connectivity index (χ0v) is 12.6. The predicted octanol–water partition coefficient (Wildman–Crippen LogP) is 2.08. The van der Waals surface area contributed by atoms with E-state index in [4.69, 9.17) is 16.2 Å². The standard InChI is InChI=1S/C15H21N5O/c1-15(2,20-12-7-5-4-6-11(12)16)8-10-9-18-14(17)19-13(10)21-3/h4-7,9,20H,8,16H2,1-3H3,(H2,17,18,19). The summed E-state index contributed by atoms with van der Waals surface area (Å²) in [5, 5.41) is 3.43. The van der Waals surface area contributed by atoms with Gasteiger partial charge in [0.1, 0.15) is 0 Å². The monoisotopic (exact) mass is 287 g/mol. The molecule has 0 aliphatic carbocycles. The highest BCUT2D eigenvalue weighted by molar-refractivity contribution is 5.66. The van der Waals surface area contributed by atoms with Gasteiger partial charge >= 0.3 is 0 Å². The van der Waals surface area contributed by atoms with Crippen LogP contribution in [-0.2, 0) is 6.42 Å². The largest absolute Gasteiger partial charge is 0.481 e. The number of anilines is 3. The van der Waals surface area contributed by atoms with Crippen LogP contribution in [0.15, 0.2) is 30.5 Å². The predicted molar refractivity (Wildman–Crippen MR) is 85.3 cm³/mol. The van der Waals surface area contributed by atoms with Gasteiger partial charge in [0, 0.05) is 23.7 Å². The summed E-state index contributed by atoms with van der Waals surface area (Å²) in [6.45, 7) is 4.16. The van der Waals surface area contributed by atoms with E-state index in [0.29, 0.717) is 18.0 Å². The van der Waals surface area contributed by atoms with Gasteiger partial charge in [-0.15, -0.1) is 0 Å². The van der Waals surface area contributed by atoms with Crippen LogP contribution in [-0.4, -0.2) is 22.6 Å². The Balaban J connectivity index is 2.19. The minimum Gasteiger partial charge on any atom is -0.481 e. The van der Waals surface area contributed by atoms with Crippen molar-refractivity contribution in [3.63, 3.8) is 0 Å². The molecule has 2 aromatic rings. The second kappa shape index (κ2) is 5.87. The lowest BCUT2D eigenvalue weighted by molar-refractivity contribution is 0.387. The van der Waals surface area contributed by atoms with Crippen molar-refractivity contribution in [3.8, 4) is 5.88 Å². The van der Waals surface area contributed by atoms with Crippen LogP contribution in [0.1, 0.15) is 19.4 Å². The Hall–Kier alpha value is -2.50. The molecule has 0 amide bonds. The third-order valence-electron chi connectivity index (χ3n) is 3.10. The number of rotatable bonds is 5. The average molecular weight is 287 g/mol. The Bertz CT molecular complexity index is 627. The molecule has 0 atom stereocenters. The minimum absolute atomic E-state index is 0.202. The Morgan fingerprint density at radius 2 is 1.95 bits per heavy atom. The van der Waals surface area contributed by atoms with Crippen molar-refractivity contribution < 1.29 is 4.74 Å². The Morgan fingerprint density at radius 1 is 1.24 bits per heavy atom. The number of hydrogen-bond acceptors (Lipinski definition) is 6. The van der Waals surface area contributed by atoms with Crippen LogP contribution in [0.5, 0.6) is 5.88 Å². The van der Waals surface area contributed by atoms with E-state index in [-0.39, 0.29) is 11.5 Å². The summed E-state index contributed by atoms with van der Waals surface area (Å²) in [7, 11) is 1.57. The molecule has 0 radical (unpaired) electrons. The van der Waals surface area contributed by atoms with Gasteiger partial charge in [0.05, 0.1) is 18.5 Å². The molecule has 0 aliphatic rings. The zero-order chi connectivity index (χ0) is 15.5. The average Bonchev–Trinajstić information content (AvgIpc) is 2.43. The van der Waals surface area contributed by atoms with Gasteiger partial charge in [-0.3, -0.25) is 0 Å². The summed E-state index contributed by atoms with van der Waals surface area (Å²) in [6, 6.07) is 7.67. The number of nitrogens with two attached hydrogens (primary N) is 2. The van der Waals surface area contributed by atoms with Gasteiger partial charge in [-0.1, -0.05) is 12.1 Å². The molecule has 0 aliphatic heterocycles. The highest BCUT2D eigenvalue weighted by Gasteiger charge is 2.22. The van der Waals surface area contributed by atoms with Gasteiger partial charge in [-0.05, 0) is 26.0 Å². The van der Waals surface area contributed by atoms with Crippen LogP contribution in [0.3, 0.4) is 0 Å². The number of nitrogens with one attached hydrogen (secondary N) is 1. The highest BCUT2D eigenvalue weighted by Crippen LogP contribution is 2.26. The molecule has 5 N–H and O–H groups in total. The van der Waals surface area contributed by atoms with Crippen LogP contribution in [0, 0.1) is 0 Å². The van der Waals surface area contributed by atoms with E-state index in [1.807, 2.05) is 24.3 Å². The van der Waals surface area contributed by atoms with Crippen molar-refractivity contribution in [2.75, 3.05) is 23.9 Å². The first-order chi connectivity index (χ1) is 9.91. The number of nitrogen functional groups attached to an aromatic ring is 2. The van der Waals surface area contributed by atoms with Gasteiger partial charge < -0.3 is 21.5 Å². The number of hydrogen-bond donors (Lipinski definition) is 3. The normalized spacial score (nSPS) is 11.2. The summed E-state index contributed by atoms with van der Waals surface area (Å²) in [6.07, 6.45) is 2.36. The van der Waals surface area contributed by atoms with Crippen LogP contribution in [0.25, 0.3) is 0 Å². The minimum atomic E-state index is -0.248. The molecule has 1 aromatic heterocycles. The van der Waals surface area contributed by atoms with Crippen LogP contribution in [0.2, 0.25) is 0 Å². The maximum Gasteiger partial charge on any atom is 0.223 e. The SMILES string of the molecule is COc1nc(N)ncc1CC(C)(C)Nc1ccccc1N. The molecule has 0 fully saturated rings. The van der Waals surface area contributed by atoms with Gasteiger partial charge in [0.15, 0.2) is 0 Å². The number of para-hydroxylation sites is 2. The number of aromatic nitrogens is 2. The van der Waals surface area contributed by atoms with E-state index in [0.717, 1.165) is 11.3 Å². The fraction of sp³-hybridized carbons (Fsp3) is 0.333. The molecule has 0 spiro atoms. The third kappa shape index (κ3) is 3.75. The van der Waals surface area contributed by atoms with Crippen molar-refractivity contribution in [3.05, 3.63) is 36.0 Å². The molecule has 6 heteroatoms. The van der Waals surface area contributed by atoms with E-state index in [1.54, 1.807) is 13.3 Å². The quantitative estimate of drug-likeness (QED) is 0.728. The number of methoxy groups -OCH3 is 1. The fourth-order valence-electron chi connectivity index (χ4n) is 2.20. The molecule has 0 bridgehead atoms. The zero-order valence-electron chi connectivity index (χ0n) is 12.6. The highest BCUT2D eigenvalue weighted by atomic mass is 16.5. The smallest absolute Gasteiger partial charge is 0.223 e. The number of ether oxygens (including phenoxy) is 1. The maximum absolute atomic E-state index is 5.97. The van der Waals surface area contributed by atoms with Crippen molar-refractivity contribution in [1.82, 2.24) is 9.97 Å². The molecule has 1 aromatic carbocycles. The summed E-state index contributed by atoms with van der Waals surface area (Å²) in [4.78, 5) is 8.12. The summed E-state index contributed by atoms with van der Waals surface area (Å²) in [5.74, 6) is 0.701. The Kier molecular flexibility index (Phi) is 4.16. The molecule has 0 saturated carbocycles. The topological polar surface area (TPSA) is 99.1 Å². The number of nitrogens with zero attached hydrogens (tertiary/aromatic N) is 2. The first-order valence-corrected chi connectivity index (χ1v) is 6.69. The first kappa shape index (κ1) is 14.9.